The Balaban J connectivity index is 1.78. The van der Waals surface area contributed by atoms with Crippen LogP contribution in [0.1, 0.15) is 47.9 Å². The Morgan fingerprint density at radius 2 is 2.38 bits per heavy atom. The van der Waals surface area contributed by atoms with E-state index in [0.717, 1.165) is 30.5 Å². The molecule has 0 aromatic carbocycles. The minimum absolute atomic E-state index is 0.130. The fraction of sp³-hybridized carbons (Fsp3) is 0.533. The van der Waals surface area contributed by atoms with Crippen LogP contribution < -0.4 is 5.32 Å². The second kappa shape index (κ2) is 5.35. The molecule has 112 valence electrons. The molecule has 0 unspecified atom stereocenters. The number of nitrogens with one attached hydrogen (secondary N) is 1. The average Bonchev–Trinajstić information content (AvgIpc) is 3.09. The van der Waals surface area contributed by atoms with E-state index in [4.69, 9.17) is 4.74 Å². The maximum Gasteiger partial charge on any atom is 0.359 e. The lowest BCUT2D eigenvalue weighted by Gasteiger charge is -2.10. The van der Waals surface area contributed by atoms with Crippen molar-refractivity contribution in [3.05, 3.63) is 22.5 Å². The first-order chi connectivity index (χ1) is 10.1. The zero-order valence-electron chi connectivity index (χ0n) is 12.3. The van der Waals surface area contributed by atoms with E-state index in [2.05, 4.69) is 10.4 Å². The zero-order chi connectivity index (χ0) is 15.0. The molecule has 1 fully saturated rings. The van der Waals surface area contributed by atoms with E-state index in [9.17, 15) is 9.59 Å². The summed E-state index contributed by atoms with van der Waals surface area (Å²) in [6, 6.07) is 0.220. The predicted molar refractivity (Wildman–Crippen MR) is 76.6 cm³/mol. The van der Waals surface area contributed by atoms with E-state index in [1.54, 1.807) is 11.6 Å². The van der Waals surface area contributed by atoms with Gasteiger partial charge in [-0.3, -0.25) is 9.48 Å². The summed E-state index contributed by atoms with van der Waals surface area (Å²) in [6.07, 6.45) is 5.14. The molecule has 1 amide bonds. The Kier molecular flexibility index (Phi) is 3.53. The standard InChI is InChI=1S/C15H19N3O3/c1-3-21-15(20)14-11-7-9(8-12(11)18(2)17-14)6-10-4-5-13(19)16-10/h7,10H,3-6,8H2,1-2H3,(H,16,19)/t10-/m1/s1. The summed E-state index contributed by atoms with van der Waals surface area (Å²) < 4.78 is 6.80. The first-order valence-corrected chi connectivity index (χ1v) is 7.30. The molecular weight excluding hydrogens is 270 g/mol. The highest BCUT2D eigenvalue weighted by molar-refractivity contribution is 5.93. The third-order valence-electron chi connectivity index (χ3n) is 4.01. The number of esters is 1. The second-order valence-corrected chi connectivity index (χ2v) is 5.54. The van der Waals surface area contributed by atoms with Gasteiger partial charge in [-0.05, 0) is 19.8 Å². The summed E-state index contributed by atoms with van der Waals surface area (Å²) in [5.41, 5.74) is 3.53. The number of ether oxygens (including phenoxy) is 1. The van der Waals surface area contributed by atoms with Crippen LogP contribution in [0.4, 0.5) is 0 Å². The molecule has 1 saturated heterocycles. The van der Waals surface area contributed by atoms with Gasteiger partial charge in [0.05, 0.1) is 12.3 Å². The number of nitrogens with zero attached hydrogens (tertiary/aromatic N) is 2. The van der Waals surface area contributed by atoms with E-state index in [-0.39, 0.29) is 17.9 Å². The second-order valence-electron chi connectivity index (χ2n) is 5.54. The molecule has 0 bridgehead atoms. The molecule has 6 heteroatoms. The summed E-state index contributed by atoms with van der Waals surface area (Å²) in [6.45, 7) is 2.12. The van der Waals surface area contributed by atoms with Crippen LogP contribution in [0.15, 0.2) is 5.57 Å². The highest BCUT2D eigenvalue weighted by Gasteiger charge is 2.28. The number of aromatic nitrogens is 2. The quantitative estimate of drug-likeness (QED) is 0.845. The minimum atomic E-state index is -0.374. The Morgan fingerprint density at radius 1 is 1.57 bits per heavy atom. The van der Waals surface area contributed by atoms with Gasteiger partial charge in [-0.25, -0.2) is 4.79 Å². The minimum Gasteiger partial charge on any atom is -0.461 e. The summed E-state index contributed by atoms with van der Waals surface area (Å²) in [5, 5.41) is 7.24. The van der Waals surface area contributed by atoms with Gasteiger partial charge in [0.1, 0.15) is 0 Å². The van der Waals surface area contributed by atoms with Crippen LogP contribution in [-0.2, 0) is 23.0 Å². The van der Waals surface area contributed by atoms with Crippen LogP contribution in [0.25, 0.3) is 6.08 Å². The van der Waals surface area contributed by atoms with Gasteiger partial charge < -0.3 is 10.1 Å². The zero-order valence-corrected chi connectivity index (χ0v) is 12.3. The summed E-state index contributed by atoms with van der Waals surface area (Å²) >= 11 is 0. The topological polar surface area (TPSA) is 73.2 Å². The summed E-state index contributed by atoms with van der Waals surface area (Å²) in [4.78, 5) is 23.2. The van der Waals surface area contributed by atoms with Gasteiger partial charge in [-0.1, -0.05) is 11.6 Å². The number of fused-ring (bicyclic) bond motifs is 1. The molecule has 21 heavy (non-hydrogen) atoms. The van der Waals surface area contributed by atoms with Crippen molar-refractivity contribution in [1.29, 1.82) is 0 Å². The van der Waals surface area contributed by atoms with Crippen LogP contribution in [0.2, 0.25) is 0 Å². The largest absolute Gasteiger partial charge is 0.461 e. The van der Waals surface area contributed by atoms with Crippen molar-refractivity contribution in [2.45, 2.75) is 38.6 Å². The molecule has 0 spiro atoms. The number of carbonyl (C=O) groups is 2. The molecule has 0 saturated carbocycles. The first kappa shape index (κ1) is 13.9. The number of amides is 1. The Labute approximate surface area is 123 Å². The van der Waals surface area contributed by atoms with E-state index in [0.29, 0.717) is 18.7 Å². The van der Waals surface area contributed by atoms with E-state index in [1.165, 1.54) is 5.57 Å². The molecular formula is C15H19N3O3. The SMILES string of the molecule is CCOC(=O)c1nn(C)c2c1C=C(C[C@H]1CCC(=O)N1)C2. The summed E-state index contributed by atoms with van der Waals surface area (Å²) in [7, 11) is 1.84. The Hall–Kier alpha value is -2.11. The van der Waals surface area contributed by atoms with Gasteiger partial charge in [0.2, 0.25) is 5.91 Å². The molecule has 6 nitrogen and oxygen atoms in total. The van der Waals surface area contributed by atoms with Gasteiger partial charge >= 0.3 is 5.97 Å². The highest BCUT2D eigenvalue weighted by Crippen LogP contribution is 2.31. The lowest BCUT2D eigenvalue weighted by Crippen LogP contribution is -2.25. The van der Waals surface area contributed by atoms with Gasteiger partial charge in [0.15, 0.2) is 5.69 Å². The highest BCUT2D eigenvalue weighted by atomic mass is 16.5. The Bertz CT molecular complexity index is 630. The lowest BCUT2D eigenvalue weighted by atomic mass is 10.0. The molecule has 2 aliphatic rings. The normalized spacial score (nSPS) is 20.2. The number of rotatable bonds is 4. The predicted octanol–water partition coefficient (Wildman–Crippen LogP) is 1.21. The molecule has 2 heterocycles. The molecule has 1 atom stereocenters. The van der Waals surface area contributed by atoms with Crippen molar-refractivity contribution in [3.8, 4) is 0 Å². The molecule has 0 radical (unpaired) electrons. The van der Waals surface area contributed by atoms with Crippen LogP contribution in [0, 0.1) is 0 Å². The summed E-state index contributed by atoms with van der Waals surface area (Å²) in [5.74, 6) is -0.244. The van der Waals surface area contributed by atoms with Gasteiger partial charge in [-0.2, -0.15) is 5.10 Å². The molecule has 1 aromatic rings. The van der Waals surface area contributed by atoms with Crippen molar-refractivity contribution in [2.75, 3.05) is 6.61 Å². The number of hydrogen-bond acceptors (Lipinski definition) is 4. The van der Waals surface area contributed by atoms with E-state index >= 15 is 0 Å². The lowest BCUT2D eigenvalue weighted by molar-refractivity contribution is -0.119. The molecule has 1 aliphatic carbocycles. The van der Waals surface area contributed by atoms with Gasteiger partial charge in [0, 0.05) is 31.5 Å². The fourth-order valence-electron chi connectivity index (χ4n) is 3.03. The third kappa shape index (κ3) is 2.57. The third-order valence-corrected chi connectivity index (χ3v) is 4.01. The van der Waals surface area contributed by atoms with Gasteiger partial charge in [-0.15, -0.1) is 0 Å². The smallest absolute Gasteiger partial charge is 0.359 e. The molecule has 1 aromatic heterocycles. The number of carbonyl (C=O) groups excluding carboxylic acids is 2. The van der Waals surface area contributed by atoms with Crippen molar-refractivity contribution in [2.24, 2.45) is 7.05 Å². The number of hydrogen-bond donors (Lipinski definition) is 1. The van der Waals surface area contributed by atoms with Crippen LogP contribution in [0.3, 0.4) is 0 Å². The van der Waals surface area contributed by atoms with Crippen molar-refractivity contribution in [3.63, 3.8) is 0 Å². The maximum absolute atomic E-state index is 11.9. The first-order valence-electron chi connectivity index (χ1n) is 7.30. The van der Waals surface area contributed by atoms with Crippen LogP contribution >= 0.6 is 0 Å². The monoisotopic (exact) mass is 289 g/mol. The average molecular weight is 289 g/mol. The van der Waals surface area contributed by atoms with Crippen LogP contribution in [0.5, 0.6) is 0 Å². The van der Waals surface area contributed by atoms with Gasteiger partial charge in [0.25, 0.3) is 0 Å². The van der Waals surface area contributed by atoms with Crippen molar-refractivity contribution >= 4 is 18.0 Å². The van der Waals surface area contributed by atoms with Crippen molar-refractivity contribution < 1.29 is 14.3 Å². The fourth-order valence-corrected chi connectivity index (χ4v) is 3.03. The number of aryl methyl sites for hydroxylation is 1. The molecule has 1 aliphatic heterocycles. The van der Waals surface area contributed by atoms with E-state index in [1.807, 2.05) is 13.1 Å². The van der Waals surface area contributed by atoms with Crippen LogP contribution in [-0.4, -0.2) is 34.3 Å². The van der Waals surface area contributed by atoms with Crippen molar-refractivity contribution in [1.82, 2.24) is 15.1 Å². The molecule has 1 N–H and O–H groups in total. The Morgan fingerprint density at radius 3 is 3.05 bits per heavy atom. The maximum atomic E-state index is 11.9. The molecule has 3 rings (SSSR count). The van der Waals surface area contributed by atoms with E-state index < -0.39 is 0 Å².